The standard InChI is InChI=1S/C21H27N5O2/c1-22-21-24-11-17(20(26-21)25-15-3-4-15)16-6-7-23-10-14(16)8-13-2-5-18-19(9-13)28-12-27-18/h2,5,9,11,14-16,23H,3-4,6-8,10,12H2,1H3,(H2,22,24,25,26). The summed E-state index contributed by atoms with van der Waals surface area (Å²) in [5.41, 5.74) is 2.53. The zero-order chi connectivity index (χ0) is 18.9. The fraction of sp³-hybridized carbons (Fsp3) is 0.524. The van der Waals surface area contributed by atoms with Gasteiger partial charge in [-0.1, -0.05) is 6.07 Å². The van der Waals surface area contributed by atoms with Crippen molar-refractivity contribution in [2.24, 2.45) is 5.92 Å². The molecular formula is C21H27N5O2. The van der Waals surface area contributed by atoms with Crippen LogP contribution in [0.15, 0.2) is 24.4 Å². The van der Waals surface area contributed by atoms with Gasteiger partial charge >= 0.3 is 0 Å². The van der Waals surface area contributed by atoms with Crippen LogP contribution in [0.3, 0.4) is 0 Å². The van der Waals surface area contributed by atoms with E-state index in [9.17, 15) is 0 Å². The Bertz CT molecular complexity index is 855. The van der Waals surface area contributed by atoms with Gasteiger partial charge in [0.05, 0.1) is 0 Å². The van der Waals surface area contributed by atoms with Gasteiger partial charge in [-0.05, 0) is 68.3 Å². The molecule has 2 aromatic rings. The second-order valence-corrected chi connectivity index (χ2v) is 7.92. The number of anilines is 2. The van der Waals surface area contributed by atoms with Gasteiger partial charge in [0.15, 0.2) is 11.5 Å². The van der Waals surface area contributed by atoms with Gasteiger partial charge in [-0.2, -0.15) is 4.98 Å². The van der Waals surface area contributed by atoms with E-state index >= 15 is 0 Å². The third kappa shape index (κ3) is 3.58. The molecule has 2 unspecified atom stereocenters. The topological polar surface area (TPSA) is 80.3 Å². The average molecular weight is 381 g/mol. The van der Waals surface area contributed by atoms with Crippen molar-refractivity contribution in [3.05, 3.63) is 35.5 Å². The summed E-state index contributed by atoms with van der Waals surface area (Å²) < 4.78 is 11.0. The number of aromatic nitrogens is 2. The molecule has 5 rings (SSSR count). The number of fused-ring (bicyclic) bond motifs is 1. The summed E-state index contributed by atoms with van der Waals surface area (Å²) in [5, 5.41) is 10.3. The smallest absolute Gasteiger partial charge is 0.231 e. The van der Waals surface area contributed by atoms with Crippen molar-refractivity contribution in [1.29, 1.82) is 0 Å². The number of hydrogen-bond acceptors (Lipinski definition) is 7. The molecule has 148 valence electrons. The zero-order valence-electron chi connectivity index (χ0n) is 16.2. The second-order valence-electron chi connectivity index (χ2n) is 7.92. The first-order valence-electron chi connectivity index (χ1n) is 10.2. The highest BCUT2D eigenvalue weighted by Gasteiger charge is 2.31. The molecular weight excluding hydrogens is 354 g/mol. The lowest BCUT2D eigenvalue weighted by atomic mass is 9.78. The van der Waals surface area contributed by atoms with Gasteiger partial charge in [0.2, 0.25) is 12.7 Å². The number of rotatable bonds is 6. The maximum Gasteiger partial charge on any atom is 0.231 e. The summed E-state index contributed by atoms with van der Waals surface area (Å²) in [6.45, 7) is 2.34. The monoisotopic (exact) mass is 381 g/mol. The van der Waals surface area contributed by atoms with Crippen molar-refractivity contribution >= 4 is 11.8 Å². The maximum absolute atomic E-state index is 5.56. The van der Waals surface area contributed by atoms with Crippen molar-refractivity contribution in [2.75, 3.05) is 37.6 Å². The van der Waals surface area contributed by atoms with Gasteiger partial charge in [-0.15, -0.1) is 0 Å². The minimum absolute atomic E-state index is 0.317. The minimum atomic E-state index is 0.317. The Morgan fingerprint density at radius 2 is 2.07 bits per heavy atom. The Labute approximate surface area is 165 Å². The van der Waals surface area contributed by atoms with Crippen molar-refractivity contribution in [3.63, 3.8) is 0 Å². The molecule has 1 saturated carbocycles. The summed E-state index contributed by atoms with van der Waals surface area (Å²) in [7, 11) is 1.86. The highest BCUT2D eigenvalue weighted by Crippen LogP contribution is 2.39. The lowest BCUT2D eigenvalue weighted by molar-refractivity contribution is 0.174. The first-order chi connectivity index (χ1) is 13.8. The van der Waals surface area contributed by atoms with Crippen LogP contribution >= 0.6 is 0 Å². The van der Waals surface area contributed by atoms with E-state index in [2.05, 4.69) is 33.1 Å². The number of ether oxygens (including phenoxy) is 2. The van der Waals surface area contributed by atoms with Crippen LogP contribution in [-0.2, 0) is 6.42 Å². The normalized spacial score (nSPS) is 23.5. The van der Waals surface area contributed by atoms with E-state index in [1.807, 2.05) is 19.3 Å². The second kappa shape index (κ2) is 7.47. The van der Waals surface area contributed by atoms with Crippen molar-refractivity contribution in [2.45, 2.75) is 37.6 Å². The number of piperidine rings is 1. The molecule has 1 aromatic carbocycles. The molecule has 2 fully saturated rings. The van der Waals surface area contributed by atoms with Crippen LogP contribution in [-0.4, -0.2) is 42.9 Å². The quantitative estimate of drug-likeness (QED) is 0.710. The lowest BCUT2D eigenvalue weighted by Crippen LogP contribution is -2.37. The fourth-order valence-electron chi connectivity index (χ4n) is 4.24. The van der Waals surface area contributed by atoms with Gasteiger partial charge in [0, 0.05) is 24.8 Å². The Morgan fingerprint density at radius 1 is 1.18 bits per heavy atom. The molecule has 0 spiro atoms. The molecule has 0 bridgehead atoms. The van der Waals surface area contributed by atoms with Crippen LogP contribution in [0.4, 0.5) is 11.8 Å². The number of nitrogens with zero attached hydrogens (tertiary/aromatic N) is 2. The van der Waals surface area contributed by atoms with Gasteiger partial charge in [0.25, 0.3) is 0 Å². The van der Waals surface area contributed by atoms with Crippen molar-refractivity contribution < 1.29 is 9.47 Å². The van der Waals surface area contributed by atoms with Crippen LogP contribution < -0.4 is 25.4 Å². The SMILES string of the molecule is CNc1ncc(C2CCNCC2Cc2ccc3c(c2)OCO3)c(NC2CC2)n1. The first kappa shape index (κ1) is 17.6. The molecule has 1 aliphatic carbocycles. The molecule has 0 amide bonds. The summed E-state index contributed by atoms with van der Waals surface area (Å²) in [5.74, 6) is 4.29. The van der Waals surface area contributed by atoms with Crippen LogP contribution in [0.25, 0.3) is 0 Å². The summed E-state index contributed by atoms with van der Waals surface area (Å²) in [4.78, 5) is 9.28. The Balaban J connectivity index is 1.41. The van der Waals surface area contributed by atoms with Gasteiger partial charge in [-0.3, -0.25) is 0 Å². The number of nitrogens with one attached hydrogen (secondary N) is 3. The van der Waals surface area contributed by atoms with E-state index < -0.39 is 0 Å². The number of benzene rings is 1. The van der Waals surface area contributed by atoms with Gasteiger partial charge < -0.3 is 25.4 Å². The van der Waals surface area contributed by atoms with Crippen LogP contribution in [0.2, 0.25) is 0 Å². The molecule has 0 radical (unpaired) electrons. The predicted octanol–water partition coefficient (Wildman–Crippen LogP) is 2.76. The molecule has 1 saturated heterocycles. The lowest BCUT2D eigenvalue weighted by Gasteiger charge is -2.33. The fourth-order valence-corrected chi connectivity index (χ4v) is 4.24. The molecule has 7 heteroatoms. The van der Waals surface area contributed by atoms with Gasteiger partial charge in [0.1, 0.15) is 5.82 Å². The molecule has 28 heavy (non-hydrogen) atoms. The third-order valence-corrected chi connectivity index (χ3v) is 5.90. The molecule has 1 aromatic heterocycles. The highest BCUT2D eigenvalue weighted by atomic mass is 16.7. The minimum Gasteiger partial charge on any atom is -0.454 e. The van der Waals surface area contributed by atoms with Crippen molar-refractivity contribution in [1.82, 2.24) is 15.3 Å². The van der Waals surface area contributed by atoms with Crippen LogP contribution in [0.5, 0.6) is 11.5 Å². The van der Waals surface area contributed by atoms with Crippen LogP contribution in [0.1, 0.15) is 36.3 Å². The van der Waals surface area contributed by atoms with Crippen LogP contribution in [0, 0.1) is 5.92 Å². The van der Waals surface area contributed by atoms with E-state index in [-0.39, 0.29) is 0 Å². The Morgan fingerprint density at radius 3 is 2.93 bits per heavy atom. The molecule has 3 N–H and O–H groups in total. The average Bonchev–Trinajstić information content (AvgIpc) is 3.42. The van der Waals surface area contributed by atoms with E-state index in [1.165, 1.54) is 24.0 Å². The number of hydrogen-bond donors (Lipinski definition) is 3. The third-order valence-electron chi connectivity index (χ3n) is 5.90. The first-order valence-corrected chi connectivity index (χ1v) is 10.2. The summed E-state index contributed by atoms with van der Waals surface area (Å²) in [6, 6.07) is 6.86. The molecule has 7 nitrogen and oxygen atoms in total. The van der Waals surface area contributed by atoms with E-state index in [0.717, 1.165) is 43.2 Å². The van der Waals surface area contributed by atoms with E-state index in [1.54, 1.807) is 0 Å². The van der Waals surface area contributed by atoms with Gasteiger partial charge in [-0.25, -0.2) is 4.98 Å². The van der Waals surface area contributed by atoms with E-state index in [0.29, 0.717) is 30.6 Å². The largest absolute Gasteiger partial charge is 0.454 e. The molecule has 3 aliphatic rings. The van der Waals surface area contributed by atoms with E-state index in [4.69, 9.17) is 14.5 Å². The highest BCUT2D eigenvalue weighted by molar-refractivity contribution is 5.51. The zero-order valence-corrected chi connectivity index (χ0v) is 16.2. The summed E-state index contributed by atoms with van der Waals surface area (Å²) in [6.07, 6.45) is 6.56. The Hall–Kier alpha value is -2.54. The molecule has 2 aliphatic heterocycles. The molecule has 2 atom stereocenters. The summed E-state index contributed by atoms with van der Waals surface area (Å²) >= 11 is 0. The molecule has 3 heterocycles. The maximum atomic E-state index is 5.56. The predicted molar refractivity (Wildman–Crippen MR) is 108 cm³/mol. The Kier molecular flexibility index (Phi) is 4.68. The van der Waals surface area contributed by atoms with Crippen molar-refractivity contribution in [3.8, 4) is 11.5 Å².